The van der Waals surface area contributed by atoms with Crippen molar-refractivity contribution in [3.63, 3.8) is 0 Å². The molecule has 0 bridgehead atoms. The molecule has 0 radical (unpaired) electrons. The quantitative estimate of drug-likeness (QED) is 0.687. The van der Waals surface area contributed by atoms with Crippen molar-refractivity contribution in [1.82, 2.24) is 4.98 Å². The molecule has 2 rings (SSSR count). The molecule has 0 aliphatic carbocycles. The Morgan fingerprint density at radius 1 is 1.31 bits per heavy atom. The summed E-state index contributed by atoms with van der Waals surface area (Å²) in [5.41, 5.74) is 1.45. The van der Waals surface area contributed by atoms with Crippen molar-refractivity contribution in [3.05, 3.63) is 40.2 Å². The molecule has 0 amide bonds. The molecule has 0 aliphatic rings. The molecule has 13 heavy (non-hydrogen) atoms. The fraction of sp³-hybridized carbons (Fsp3) is 0.100. The molecule has 0 N–H and O–H groups in total. The molecule has 0 saturated heterocycles. The summed E-state index contributed by atoms with van der Waals surface area (Å²) in [6.45, 7) is 1.73. The fourth-order valence-corrected chi connectivity index (χ4v) is 1.58. The van der Waals surface area contributed by atoms with Crippen LogP contribution in [-0.4, -0.2) is 4.98 Å². The second kappa shape index (κ2) is 3.07. The minimum Gasteiger partial charge on any atom is -0.255 e. The Hall–Kier alpha value is -0.960. The van der Waals surface area contributed by atoms with E-state index >= 15 is 0 Å². The second-order valence-corrected chi connectivity index (χ2v) is 3.86. The van der Waals surface area contributed by atoms with Gasteiger partial charge < -0.3 is 0 Å². The summed E-state index contributed by atoms with van der Waals surface area (Å²) in [7, 11) is 0. The maximum Gasteiger partial charge on any atom is 0.126 e. The highest BCUT2D eigenvalue weighted by Gasteiger charge is 2.01. The Morgan fingerprint density at radius 2 is 2.08 bits per heavy atom. The van der Waals surface area contributed by atoms with Gasteiger partial charge in [-0.15, -0.1) is 0 Å². The number of hydrogen-bond donors (Lipinski definition) is 0. The molecule has 0 saturated carbocycles. The van der Waals surface area contributed by atoms with Crippen LogP contribution in [0.25, 0.3) is 10.9 Å². The predicted octanol–water partition coefficient (Wildman–Crippen LogP) is 3.44. The number of rotatable bonds is 0. The van der Waals surface area contributed by atoms with E-state index in [0.29, 0.717) is 5.56 Å². The molecule has 3 heteroatoms. The van der Waals surface area contributed by atoms with Gasteiger partial charge in [0.2, 0.25) is 0 Å². The van der Waals surface area contributed by atoms with Gasteiger partial charge in [-0.2, -0.15) is 0 Å². The zero-order chi connectivity index (χ0) is 9.42. The van der Waals surface area contributed by atoms with Gasteiger partial charge >= 0.3 is 0 Å². The highest BCUT2D eigenvalue weighted by Crippen LogP contribution is 2.20. The minimum absolute atomic E-state index is 0.188. The number of nitrogens with zero attached hydrogens (tertiary/aromatic N) is 1. The van der Waals surface area contributed by atoms with Crippen molar-refractivity contribution >= 4 is 26.8 Å². The van der Waals surface area contributed by atoms with Gasteiger partial charge in [-0.3, -0.25) is 4.98 Å². The molecule has 1 aromatic carbocycles. The molecule has 1 nitrogen and oxygen atoms in total. The first-order valence-corrected chi connectivity index (χ1v) is 4.67. The second-order valence-electron chi connectivity index (χ2n) is 2.95. The SMILES string of the molecule is Cc1cc2ncc(Br)cc2cc1F. The van der Waals surface area contributed by atoms with Crippen LogP contribution in [0.4, 0.5) is 4.39 Å². The Morgan fingerprint density at radius 3 is 2.85 bits per heavy atom. The molecule has 1 heterocycles. The van der Waals surface area contributed by atoms with Crippen LogP contribution in [0, 0.1) is 12.7 Å². The Balaban J connectivity index is 2.81. The average molecular weight is 240 g/mol. The normalized spacial score (nSPS) is 10.7. The standard InChI is InChI=1S/C10H7BrFN/c1-6-2-10-7(4-9(6)12)3-8(11)5-13-10/h2-5H,1H3. The largest absolute Gasteiger partial charge is 0.255 e. The third-order valence-electron chi connectivity index (χ3n) is 1.93. The van der Waals surface area contributed by atoms with Crippen molar-refractivity contribution in [2.24, 2.45) is 0 Å². The average Bonchev–Trinajstić information content (AvgIpc) is 2.08. The van der Waals surface area contributed by atoms with Crippen LogP contribution in [0.5, 0.6) is 0 Å². The van der Waals surface area contributed by atoms with E-state index in [-0.39, 0.29) is 5.82 Å². The first kappa shape index (κ1) is 8.63. The van der Waals surface area contributed by atoms with E-state index in [1.807, 2.05) is 6.07 Å². The van der Waals surface area contributed by atoms with Crippen LogP contribution in [-0.2, 0) is 0 Å². The molecular formula is C10H7BrFN. The number of hydrogen-bond acceptors (Lipinski definition) is 1. The van der Waals surface area contributed by atoms with Crippen molar-refractivity contribution in [2.75, 3.05) is 0 Å². The van der Waals surface area contributed by atoms with Gasteiger partial charge in [-0.1, -0.05) is 0 Å². The molecule has 0 spiro atoms. The topological polar surface area (TPSA) is 12.9 Å². The number of fused-ring (bicyclic) bond motifs is 1. The summed E-state index contributed by atoms with van der Waals surface area (Å²) in [6, 6.07) is 5.10. The molecule has 0 atom stereocenters. The van der Waals surface area contributed by atoms with Crippen molar-refractivity contribution < 1.29 is 4.39 Å². The summed E-state index contributed by atoms with van der Waals surface area (Å²) < 4.78 is 14.0. The summed E-state index contributed by atoms with van der Waals surface area (Å²) >= 11 is 3.29. The maximum absolute atomic E-state index is 13.1. The number of pyridine rings is 1. The fourth-order valence-electron chi connectivity index (χ4n) is 1.23. The number of aryl methyl sites for hydroxylation is 1. The van der Waals surface area contributed by atoms with E-state index in [9.17, 15) is 4.39 Å². The molecule has 66 valence electrons. The van der Waals surface area contributed by atoms with E-state index in [2.05, 4.69) is 20.9 Å². The first-order valence-electron chi connectivity index (χ1n) is 3.88. The third-order valence-corrected chi connectivity index (χ3v) is 2.36. The van der Waals surface area contributed by atoms with Crippen molar-refractivity contribution in [1.29, 1.82) is 0 Å². The van der Waals surface area contributed by atoms with Gasteiger partial charge in [0.1, 0.15) is 5.82 Å². The van der Waals surface area contributed by atoms with E-state index in [0.717, 1.165) is 15.4 Å². The highest BCUT2D eigenvalue weighted by molar-refractivity contribution is 9.10. The van der Waals surface area contributed by atoms with Crippen LogP contribution in [0.2, 0.25) is 0 Å². The smallest absolute Gasteiger partial charge is 0.126 e. The van der Waals surface area contributed by atoms with E-state index in [1.54, 1.807) is 19.2 Å². The third kappa shape index (κ3) is 1.56. The van der Waals surface area contributed by atoms with E-state index in [1.165, 1.54) is 6.07 Å². The lowest BCUT2D eigenvalue weighted by molar-refractivity contribution is 0.620. The summed E-state index contributed by atoms with van der Waals surface area (Å²) in [5.74, 6) is -0.188. The van der Waals surface area contributed by atoms with E-state index < -0.39 is 0 Å². The van der Waals surface area contributed by atoms with Crippen molar-refractivity contribution in [3.8, 4) is 0 Å². The van der Waals surface area contributed by atoms with Gasteiger partial charge in [0, 0.05) is 16.1 Å². The lowest BCUT2D eigenvalue weighted by Crippen LogP contribution is -1.85. The minimum atomic E-state index is -0.188. The van der Waals surface area contributed by atoms with Crippen molar-refractivity contribution in [2.45, 2.75) is 6.92 Å². The Bertz CT molecular complexity index is 468. The maximum atomic E-state index is 13.1. The van der Waals surface area contributed by atoms with Crippen LogP contribution < -0.4 is 0 Å². The molecule has 2 aromatic rings. The Labute approximate surface area is 83.7 Å². The van der Waals surface area contributed by atoms with Crippen LogP contribution >= 0.6 is 15.9 Å². The first-order chi connectivity index (χ1) is 6.16. The summed E-state index contributed by atoms with van der Waals surface area (Å²) in [6.07, 6.45) is 1.71. The number of halogens is 2. The zero-order valence-corrected chi connectivity index (χ0v) is 8.60. The highest BCUT2D eigenvalue weighted by atomic mass is 79.9. The van der Waals surface area contributed by atoms with Crippen LogP contribution in [0.3, 0.4) is 0 Å². The molecule has 1 aromatic heterocycles. The summed E-state index contributed by atoms with van der Waals surface area (Å²) in [4.78, 5) is 4.17. The molecule has 0 aliphatic heterocycles. The monoisotopic (exact) mass is 239 g/mol. The molecule has 0 fully saturated rings. The van der Waals surface area contributed by atoms with Gasteiger partial charge in [0.05, 0.1) is 5.52 Å². The number of aromatic nitrogens is 1. The van der Waals surface area contributed by atoms with E-state index in [4.69, 9.17) is 0 Å². The zero-order valence-electron chi connectivity index (χ0n) is 7.01. The summed E-state index contributed by atoms with van der Waals surface area (Å²) in [5, 5.41) is 0.817. The van der Waals surface area contributed by atoms with Gasteiger partial charge in [-0.05, 0) is 46.6 Å². The predicted molar refractivity (Wildman–Crippen MR) is 54.1 cm³/mol. The van der Waals surface area contributed by atoms with Crippen LogP contribution in [0.15, 0.2) is 28.9 Å². The molecular weight excluding hydrogens is 233 g/mol. The Kier molecular flexibility index (Phi) is 2.04. The van der Waals surface area contributed by atoms with Gasteiger partial charge in [-0.25, -0.2) is 4.39 Å². The van der Waals surface area contributed by atoms with Gasteiger partial charge in [0.25, 0.3) is 0 Å². The lowest BCUT2D eigenvalue weighted by atomic mass is 10.1. The number of benzene rings is 1. The van der Waals surface area contributed by atoms with Gasteiger partial charge in [0.15, 0.2) is 0 Å². The van der Waals surface area contributed by atoms with Crippen LogP contribution in [0.1, 0.15) is 5.56 Å². The molecule has 0 unspecified atom stereocenters. The lowest BCUT2D eigenvalue weighted by Gasteiger charge is -2.00.